The summed E-state index contributed by atoms with van der Waals surface area (Å²) in [6.45, 7) is 2.64. The minimum Gasteiger partial charge on any atom is -0.381 e. The van der Waals surface area contributed by atoms with Crippen molar-refractivity contribution >= 4 is 17.4 Å². The first-order chi connectivity index (χ1) is 8.65. The van der Waals surface area contributed by atoms with E-state index in [0.29, 0.717) is 12.2 Å². The molecule has 0 aliphatic carbocycles. The maximum atomic E-state index is 10.7. The summed E-state index contributed by atoms with van der Waals surface area (Å²) in [7, 11) is 0. The van der Waals surface area contributed by atoms with E-state index in [1.807, 2.05) is 25.1 Å². The standard InChI is InChI=1S/C12H15N5O/c1-8-9(7-15-17-8)6-14-10-3-2-4-11(5-10)16-12(13)18/h2-5,7,14H,6H2,1H3,(H,15,17)(H3,13,16,18). The molecule has 1 heterocycles. The van der Waals surface area contributed by atoms with Crippen LogP contribution < -0.4 is 16.4 Å². The van der Waals surface area contributed by atoms with Crippen LogP contribution >= 0.6 is 0 Å². The second kappa shape index (κ2) is 5.22. The molecule has 2 amide bonds. The fourth-order valence-electron chi connectivity index (χ4n) is 1.60. The number of aromatic amines is 1. The molecule has 1 aromatic heterocycles. The van der Waals surface area contributed by atoms with Gasteiger partial charge in [0.05, 0.1) is 6.20 Å². The highest BCUT2D eigenvalue weighted by Gasteiger charge is 2.01. The third-order valence-corrected chi connectivity index (χ3v) is 2.55. The lowest BCUT2D eigenvalue weighted by atomic mass is 10.2. The molecule has 94 valence electrons. The highest BCUT2D eigenvalue weighted by atomic mass is 16.2. The minimum atomic E-state index is -0.571. The number of nitrogens with zero attached hydrogens (tertiary/aromatic N) is 1. The zero-order valence-electron chi connectivity index (χ0n) is 10.0. The number of H-pyrrole nitrogens is 1. The molecular weight excluding hydrogens is 230 g/mol. The monoisotopic (exact) mass is 245 g/mol. The molecule has 0 unspecified atom stereocenters. The maximum absolute atomic E-state index is 10.7. The summed E-state index contributed by atoms with van der Waals surface area (Å²) < 4.78 is 0. The molecular formula is C12H15N5O. The Hall–Kier alpha value is -2.50. The highest BCUT2D eigenvalue weighted by Crippen LogP contribution is 2.16. The first-order valence-corrected chi connectivity index (χ1v) is 5.54. The van der Waals surface area contributed by atoms with Gasteiger partial charge in [-0.05, 0) is 25.1 Å². The number of primary amides is 1. The molecule has 18 heavy (non-hydrogen) atoms. The van der Waals surface area contributed by atoms with Crippen LogP contribution in [0, 0.1) is 6.92 Å². The van der Waals surface area contributed by atoms with Gasteiger partial charge in [0.1, 0.15) is 0 Å². The van der Waals surface area contributed by atoms with Gasteiger partial charge in [-0.2, -0.15) is 5.10 Å². The number of urea groups is 1. The van der Waals surface area contributed by atoms with Gasteiger partial charge < -0.3 is 16.4 Å². The van der Waals surface area contributed by atoms with E-state index in [1.165, 1.54) is 0 Å². The summed E-state index contributed by atoms with van der Waals surface area (Å²) in [5.41, 5.74) is 8.77. The number of benzene rings is 1. The lowest BCUT2D eigenvalue weighted by molar-refractivity contribution is 0.259. The molecule has 0 atom stereocenters. The Balaban J connectivity index is 2.01. The molecule has 0 radical (unpaired) electrons. The Morgan fingerprint density at radius 2 is 2.22 bits per heavy atom. The Bertz CT molecular complexity index is 549. The molecule has 6 heteroatoms. The molecule has 0 spiro atoms. The molecule has 6 nitrogen and oxygen atoms in total. The van der Waals surface area contributed by atoms with Crippen molar-refractivity contribution in [3.05, 3.63) is 41.7 Å². The van der Waals surface area contributed by atoms with Crippen LogP contribution in [0.3, 0.4) is 0 Å². The van der Waals surface area contributed by atoms with Gasteiger partial charge in [-0.1, -0.05) is 6.07 Å². The van der Waals surface area contributed by atoms with Gasteiger partial charge in [0.15, 0.2) is 0 Å². The predicted molar refractivity (Wildman–Crippen MR) is 70.3 cm³/mol. The highest BCUT2D eigenvalue weighted by molar-refractivity contribution is 5.88. The summed E-state index contributed by atoms with van der Waals surface area (Å²) in [5.74, 6) is 0. The summed E-state index contributed by atoms with van der Waals surface area (Å²) >= 11 is 0. The summed E-state index contributed by atoms with van der Waals surface area (Å²) in [6, 6.07) is 6.79. The molecule has 0 aliphatic heterocycles. The van der Waals surface area contributed by atoms with E-state index in [0.717, 1.165) is 16.9 Å². The SMILES string of the molecule is Cc1[nH]ncc1CNc1cccc(NC(N)=O)c1. The fourth-order valence-corrected chi connectivity index (χ4v) is 1.60. The van der Waals surface area contributed by atoms with E-state index in [-0.39, 0.29) is 0 Å². The van der Waals surface area contributed by atoms with E-state index in [4.69, 9.17) is 5.73 Å². The van der Waals surface area contributed by atoms with Crippen LogP contribution in [0.4, 0.5) is 16.2 Å². The normalized spacial score (nSPS) is 10.1. The van der Waals surface area contributed by atoms with Crippen molar-refractivity contribution in [3.63, 3.8) is 0 Å². The van der Waals surface area contributed by atoms with E-state index < -0.39 is 6.03 Å². The number of aromatic nitrogens is 2. The molecule has 0 bridgehead atoms. The molecule has 1 aromatic carbocycles. The van der Waals surface area contributed by atoms with Gasteiger partial charge in [0, 0.05) is 29.2 Å². The van der Waals surface area contributed by atoms with Crippen LogP contribution in [0.25, 0.3) is 0 Å². The van der Waals surface area contributed by atoms with Crippen LogP contribution in [0.5, 0.6) is 0 Å². The van der Waals surface area contributed by atoms with Crippen molar-refractivity contribution in [2.75, 3.05) is 10.6 Å². The van der Waals surface area contributed by atoms with Crippen molar-refractivity contribution in [3.8, 4) is 0 Å². The average molecular weight is 245 g/mol. The molecule has 0 aliphatic rings. The first-order valence-electron chi connectivity index (χ1n) is 5.54. The Morgan fingerprint density at radius 3 is 2.89 bits per heavy atom. The largest absolute Gasteiger partial charge is 0.381 e. The summed E-state index contributed by atoms with van der Waals surface area (Å²) in [5, 5.41) is 12.6. The Kier molecular flexibility index (Phi) is 3.47. The number of hydrogen-bond donors (Lipinski definition) is 4. The number of amides is 2. The third-order valence-electron chi connectivity index (χ3n) is 2.55. The van der Waals surface area contributed by atoms with Crippen LogP contribution in [-0.4, -0.2) is 16.2 Å². The number of carbonyl (C=O) groups is 1. The zero-order chi connectivity index (χ0) is 13.0. The number of hydrogen-bond acceptors (Lipinski definition) is 3. The number of carbonyl (C=O) groups excluding carboxylic acids is 1. The maximum Gasteiger partial charge on any atom is 0.316 e. The number of rotatable bonds is 4. The van der Waals surface area contributed by atoms with Gasteiger partial charge in [-0.3, -0.25) is 5.10 Å². The van der Waals surface area contributed by atoms with E-state index in [1.54, 1.807) is 12.3 Å². The molecule has 0 saturated heterocycles. The lowest BCUT2D eigenvalue weighted by Gasteiger charge is -2.08. The number of nitrogens with one attached hydrogen (secondary N) is 3. The van der Waals surface area contributed by atoms with Crippen LogP contribution in [0.15, 0.2) is 30.5 Å². The Morgan fingerprint density at radius 1 is 1.44 bits per heavy atom. The van der Waals surface area contributed by atoms with Crippen LogP contribution in [0.1, 0.15) is 11.3 Å². The van der Waals surface area contributed by atoms with Crippen molar-refractivity contribution < 1.29 is 4.79 Å². The van der Waals surface area contributed by atoms with Crippen molar-refractivity contribution in [1.82, 2.24) is 10.2 Å². The summed E-state index contributed by atoms with van der Waals surface area (Å²) in [4.78, 5) is 10.7. The van der Waals surface area contributed by atoms with Crippen LogP contribution in [-0.2, 0) is 6.54 Å². The van der Waals surface area contributed by atoms with E-state index >= 15 is 0 Å². The van der Waals surface area contributed by atoms with Crippen molar-refractivity contribution in [1.29, 1.82) is 0 Å². The zero-order valence-corrected chi connectivity index (χ0v) is 10.0. The van der Waals surface area contributed by atoms with Gasteiger partial charge >= 0.3 is 6.03 Å². The number of aryl methyl sites for hydroxylation is 1. The van der Waals surface area contributed by atoms with Crippen LogP contribution in [0.2, 0.25) is 0 Å². The van der Waals surface area contributed by atoms with Gasteiger partial charge in [-0.15, -0.1) is 0 Å². The number of nitrogens with two attached hydrogens (primary N) is 1. The van der Waals surface area contributed by atoms with E-state index in [9.17, 15) is 4.79 Å². The molecule has 0 fully saturated rings. The van der Waals surface area contributed by atoms with Gasteiger partial charge in [0.2, 0.25) is 0 Å². The molecule has 0 saturated carbocycles. The minimum absolute atomic E-state index is 0.571. The van der Waals surface area contributed by atoms with Gasteiger partial charge in [-0.25, -0.2) is 4.79 Å². The Labute approximate surface area is 105 Å². The summed E-state index contributed by atoms with van der Waals surface area (Å²) in [6.07, 6.45) is 1.79. The molecule has 2 rings (SSSR count). The average Bonchev–Trinajstić information content (AvgIpc) is 2.72. The predicted octanol–water partition coefficient (Wildman–Crippen LogP) is 1.82. The number of anilines is 2. The molecule has 5 N–H and O–H groups in total. The second-order valence-corrected chi connectivity index (χ2v) is 3.94. The quantitative estimate of drug-likeness (QED) is 0.661. The lowest BCUT2D eigenvalue weighted by Crippen LogP contribution is -2.19. The third kappa shape index (κ3) is 3.00. The second-order valence-electron chi connectivity index (χ2n) is 3.94. The van der Waals surface area contributed by atoms with Gasteiger partial charge in [0.25, 0.3) is 0 Å². The topological polar surface area (TPSA) is 95.8 Å². The first kappa shape index (κ1) is 12.0. The van der Waals surface area contributed by atoms with Crippen molar-refractivity contribution in [2.24, 2.45) is 5.73 Å². The smallest absolute Gasteiger partial charge is 0.316 e. The fraction of sp³-hybridized carbons (Fsp3) is 0.167. The van der Waals surface area contributed by atoms with Crippen molar-refractivity contribution in [2.45, 2.75) is 13.5 Å². The van der Waals surface area contributed by atoms with E-state index in [2.05, 4.69) is 20.8 Å². The molecule has 2 aromatic rings.